The van der Waals surface area contributed by atoms with E-state index in [1.807, 2.05) is 61.5 Å². The van der Waals surface area contributed by atoms with Crippen LogP contribution in [0.15, 0.2) is 76.1 Å². The number of tetrazole rings is 1. The van der Waals surface area contributed by atoms with Gasteiger partial charge in [-0.3, -0.25) is 9.69 Å². The van der Waals surface area contributed by atoms with Crippen LogP contribution in [0.25, 0.3) is 10.9 Å². The van der Waals surface area contributed by atoms with E-state index in [0.717, 1.165) is 45.8 Å². The fraction of sp³-hybridized carbons (Fsp3) is 0.286. The number of fused-ring (bicyclic) bond motifs is 1. The summed E-state index contributed by atoms with van der Waals surface area (Å²) in [6, 6.07) is 19.6. The SMILES string of the molecule is CCC(c1nnnn1Cc1ccco1)N(Cc1ccc(OC)cc1)Cc1cc2cc(C)ccc2[nH]c1=O. The van der Waals surface area contributed by atoms with Crippen LogP contribution in [0.4, 0.5) is 0 Å². The summed E-state index contributed by atoms with van der Waals surface area (Å²) in [5, 5.41) is 13.6. The highest BCUT2D eigenvalue weighted by molar-refractivity contribution is 5.79. The van der Waals surface area contributed by atoms with E-state index >= 15 is 0 Å². The van der Waals surface area contributed by atoms with Crippen molar-refractivity contribution >= 4 is 10.9 Å². The second-order valence-corrected chi connectivity index (χ2v) is 9.17. The molecule has 0 aliphatic heterocycles. The number of hydrogen-bond acceptors (Lipinski definition) is 7. The molecule has 37 heavy (non-hydrogen) atoms. The monoisotopic (exact) mass is 498 g/mol. The third-order valence-corrected chi connectivity index (χ3v) is 6.57. The molecule has 1 atom stereocenters. The van der Waals surface area contributed by atoms with Gasteiger partial charge in [0.2, 0.25) is 0 Å². The van der Waals surface area contributed by atoms with Crippen LogP contribution in [-0.4, -0.2) is 37.2 Å². The number of benzene rings is 2. The van der Waals surface area contributed by atoms with Crippen molar-refractivity contribution in [3.05, 3.63) is 106 Å². The molecule has 0 radical (unpaired) electrons. The van der Waals surface area contributed by atoms with E-state index in [-0.39, 0.29) is 11.6 Å². The smallest absolute Gasteiger partial charge is 0.252 e. The lowest BCUT2D eigenvalue weighted by Crippen LogP contribution is -2.32. The highest BCUT2D eigenvalue weighted by Gasteiger charge is 2.26. The van der Waals surface area contributed by atoms with Gasteiger partial charge in [-0.25, -0.2) is 4.68 Å². The Bertz CT molecular complexity index is 1520. The predicted molar refractivity (Wildman–Crippen MR) is 140 cm³/mol. The Hall–Kier alpha value is -4.24. The summed E-state index contributed by atoms with van der Waals surface area (Å²) in [5.41, 5.74) is 3.66. The molecule has 0 saturated carbocycles. The molecule has 3 heterocycles. The third kappa shape index (κ3) is 5.46. The molecular weight excluding hydrogens is 468 g/mol. The van der Waals surface area contributed by atoms with Gasteiger partial charge in [-0.1, -0.05) is 30.7 Å². The zero-order chi connectivity index (χ0) is 25.8. The molecular formula is C28H30N6O3. The summed E-state index contributed by atoms with van der Waals surface area (Å²) in [4.78, 5) is 18.4. The molecule has 1 N–H and O–H groups in total. The van der Waals surface area contributed by atoms with Crippen molar-refractivity contribution < 1.29 is 9.15 Å². The van der Waals surface area contributed by atoms with Gasteiger partial charge in [0.05, 0.1) is 19.4 Å². The number of aryl methyl sites for hydroxylation is 1. The maximum absolute atomic E-state index is 13.1. The van der Waals surface area contributed by atoms with Crippen LogP contribution in [0.3, 0.4) is 0 Å². The maximum atomic E-state index is 13.1. The van der Waals surface area contributed by atoms with E-state index < -0.39 is 0 Å². The Kier molecular flexibility index (Phi) is 7.14. The number of pyridine rings is 1. The molecule has 3 aromatic heterocycles. The number of methoxy groups -OCH3 is 1. The second kappa shape index (κ2) is 10.8. The van der Waals surface area contributed by atoms with E-state index in [4.69, 9.17) is 9.15 Å². The average molecular weight is 499 g/mol. The highest BCUT2D eigenvalue weighted by atomic mass is 16.5. The standard InChI is InChI=1S/C28H30N6O3/c1-4-26(27-30-31-32-34(27)18-24-6-5-13-37-24)33(16-20-8-10-23(36-3)11-9-20)17-22-15-21-14-19(2)7-12-25(21)29-28(22)35/h5-15,26H,4,16-18H2,1-3H3,(H,29,35). The predicted octanol–water partition coefficient (Wildman–Crippen LogP) is 4.63. The molecule has 2 aromatic carbocycles. The average Bonchev–Trinajstić information content (AvgIpc) is 3.58. The summed E-state index contributed by atoms with van der Waals surface area (Å²) < 4.78 is 12.6. The van der Waals surface area contributed by atoms with Gasteiger partial charge in [0.1, 0.15) is 18.1 Å². The first kappa shape index (κ1) is 24.5. The van der Waals surface area contributed by atoms with Crippen molar-refractivity contribution in [1.29, 1.82) is 0 Å². The van der Waals surface area contributed by atoms with Crippen LogP contribution >= 0.6 is 0 Å². The Morgan fingerprint density at radius 3 is 2.68 bits per heavy atom. The fourth-order valence-electron chi connectivity index (χ4n) is 4.67. The number of aromatic nitrogens is 5. The van der Waals surface area contributed by atoms with Crippen molar-refractivity contribution in [1.82, 2.24) is 30.1 Å². The Balaban J connectivity index is 1.52. The Morgan fingerprint density at radius 2 is 1.95 bits per heavy atom. The van der Waals surface area contributed by atoms with Crippen molar-refractivity contribution in [3.8, 4) is 5.75 Å². The van der Waals surface area contributed by atoms with Gasteiger partial charge in [-0.05, 0) is 77.2 Å². The van der Waals surface area contributed by atoms with Crippen LogP contribution in [0.2, 0.25) is 0 Å². The van der Waals surface area contributed by atoms with Gasteiger partial charge in [0.15, 0.2) is 5.82 Å². The molecule has 1 unspecified atom stereocenters. The van der Waals surface area contributed by atoms with Gasteiger partial charge in [-0.2, -0.15) is 0 Å². The summed E-state index contributed by atoms with van der Waals surface area (Å²) >= 11 is 0. The summed E-state index contributed by atoms with van der Waals surface area (Å²) in [6.45, 7) is 5.61. The third-order valence-electron chi connectivity index (χ3n) is 6.57. The lowest BCUT2D eigenvalue weighted by atomic mass is 10.1. The van der Waals surface area contributed by atoms with Crippen molar-refractivity contribution in [3.63, 3.8) is 0 Å². The van der Waals surface area contributed by atoms with Crippen LogP contribution in [0, 0.1) is 6.92 Å². The van der Waals surface area contributed by atoms with Crippen LogP contribution < -0.4 is 10.3 Å². The minimum Gasteiger partial charge on any atom is -0.497 e. The number of nitrogens with one attached hydrogen (secondary N) is 1. The molecule has 0 saturated heterocycles. The number of ether oxygens (including phenoxy) is 1. The van der Waals surface area contributed by atoms with Gasteiger partial charge < -0.3 is 14.1 Å². The number of nitrogens with zero attached hydrogens (tertiary/aromatic N) is 5. The largest absolute Gasteiger partial charge is 0.497 e. The summed E-state index contributed by atoms with van der Waals surface area (Å²) in [6.07, 6.45) is 2.39. The molecule has 9 nitrogen and oxygen atoms in total. The molecule has 0 aliphatic rings. The van der Waals surface area contributed by atoms with Crippen molar-refractivity contribution in [2.24, 2.45) is 0 Å². The van der Waals surface area contributed by atoms with Crippen LogP contribution in [-0.2, 0) is 19.6 Å². The topological polar surface area (TPSA) is 102 Å². The van der Waals surface area contributed by atoms with E-state index in [9.17, 15) is 4.79 Å². The minimum atomic E-state index is -0.139. The molecule has 0 aliphatic carbocycles. The Morgan fingerprint density at radius 1 is 1.11 bits per heavy atom. The maximum Gasteiger partial charge on any atom is 0.252 e. The van der Waals surface area contributed by atoms with Crippen LogP contribution in [0.1, 0.15) is 47.7 Å². The van der Waals surface area contributed by atoms with Crippen molar-refractivity contribution in [2.45, 2.75) is 45.9 Å². The molecule has 0 amide bonds. The highest BCUT2D eigenvalue weighted by Crippen LogP contribution is 2.27. The molecule has 9 heteroatoms. The Labute approximate surface area is 214 Å². The van der Waals surface area contributed by atoms with Gasteiger partial charge in [0.25, 0.3) is 5.56 Å². The normalized spacial score (nSPS) is 12.3. The molecule has 0 bridgehead atoms. The fourth-order valence-corrected chi connectivity index (χ4v) is 4.67. The molecule has 5 aromatic rings. The van der Waals surface area contributed by atoms with Gasteiger partial charge in [0, 0.05) is 24.2 Å². The van der Waals surface area contributed by atoms with E-state index in [2.05, 4.69) is 38.4 Å². The zero-order valence-corrected chi connectivity index (χ0v) is 21.2. The number of hydrogen-bond donors (Lipinski definition) is 1. The molecule has 0 fully saturated rings. The first-order valence-corrected chi connectivity index (χ1v) is 12.3. The van der Waals surface area contributed by atoms with E-state index in [0.29, 0.717) is 25.2 Å². The number of H-pyrrole nitrogens is 1. The van der Waals surface area contributed by atoms with E-state index in [1.165, 1.54) is 0 Å². The van der Waals surface area contributed by atoms with Gasteiger partial charge in [-0.15, -0.1) is 5.10 Å². The first-order chi connectivity index (χ1) is 18.0. The lowest BCUT2D eigenvalue weighted by Gasteiger charge is -2.30. The van der Waals surface area contributed by atoms with Crippen molar-refractivity contribution in [2.75, 3.05) is 7.11 Å². The lowest BCUT2D eigenvalue weighted by molar-refractivity contribution is 0.161. The van der Waals surface area contributed by atoms with Gasteiger partial charge >= 0.3 is 0 Å². The molecule has 5 rings (SSSR count). The zero-order valence-electron chi connectivity index (χ0n) is 21.2. The first-order valence-electron chi connectivity index (χ1n) is 12.3. The van der Waals surface area contributed by atoms with E-state index in [1.54, 1.807) is 18.1 Å². The quantitative estimate of drug-likeness (QED) is 0.300. The number of aromatic amines is 1. The summed E-state index contributed by atoms with van der Waals surface area (Å²) in [7, 11) is 1.65. The summed E-state index contributed by atoms with van der Waals surface area (Å²) in [5.74, 6) is 2.29. The number of furan rings is 1. The molecule has 0 spiro atoms. The minimum absolute atomic E-state index is 0.0962. The van der Waals surface area contributed by atoms with Crippen LogP contribution in [0.5, 0.6) is 5.75 Å². The number of rotatable bonds is 10. The molecule has 190 valence electrons. The second-order valence-electron chi connectivity index (χ2n) is 9.17.